The van der Waals surface area contributed by atoms with Crippen LogP contribution >= 0.6 is 11.6 Å². The summed E-state index contributed by atoms with van der Waals surface area (Å²) in [6, 6.07) is 11.6. The van der Waals surface area contributed by atoms with E-state index in [1.807, 2.05) is 6.07 Å². The molecule has 9 heteroatoms. The average Bonchev–Trinajstić information content (AvgIpc) is 3.23. The number of carbonyl (C=O) groups excluding carboxylic acids is 1. The molecule has 0 unspecified atom stereocenters. The molecule has 1 aliphatic heterocycles. The van der Waals surface area contributed by atoms with Crippen LogP contribution in [0.3, 0.4) is 0 Å². The van der Waals surface area contributed by atoms with Gasteiger partial charge in [-0.25, -0.2) is 9.07 Å². The molecule has 7 nitrogen and oxygen atoms in total. The van der Waals surface area contributed by atoms with Crippen LogP contribution in [0, 0.1) is 5.82 Å². The lowest BCUT2D eigenvalue weighted by Gasteiger charge is -2.36. The number of amides is 1. The zero-order valence-electron chi connectivity index (χ0n) is 14.3. The van der Waals surface area contributed by atoms with Gasteiger partial charge in [0.05, 0.1) is 16.4 Å². The number of carbonyl (C=O) groups is 1. The van der Waals surface area contributed by atoms with E-state index in [1.165, 1.54) is 23.1 Å². The summed E-state index contributed by atoms with van der Waals surface area (Å²) in [5.41, 5.74) is 2.09. The van der Waals surface area contributed by atoms with Crippen molar-refractivity contribution in [3.05, 3.63) is 65.2 Å². The highest BCUT2D eigenvalue weighted by molar-refractivity contribution is 6.33. The third kappa shape index (κ3) is 3.61. The van der Waals surface area contributed by atoms with Crippen LogP contribution in [0.4, 0.5) is 10.1 Å². The van der Waals surface area contributed by atoms with Gasteiger partial charge in [-0.1, -0.05) is 17.7 Å². The second-order valence-corrected chi connectivity index (χ2v) is 6.59. The minimum Gasteiger partial charge on any atom is -0.367 e. The predicted molar refractivity (Wildman–Crippen MR) is 98.7 cm³/mol. The predicted octanol–water partition coefficient (Wildman–Crippen LogP) is 2.42. The van der Waals surface area contributed by atoms with Crippen LogP contribution in [0.1, 0.15) is 10.4 Å². The van der Waals surface area contributed by atoms with E-state index < -0.39 is 0 Å². The monoisotopic (exact) mass is 386 g/mol. The van der Waals surface area contributed by atoms with Gasteiger partial charge in [-0.3, -0.25) is 4.79 Å². The van der Waals surface area contributed by atoms with E-state index >= 15 is 0 Å². The molecule has 1 aliphatic rings. The summed E-state index contributed by atoms with van der Waals surface area (Å²) < 4.78 is 14.7. The van der Waals surface area contributed by atoms with Crippen LogP contribution in [0.5, 0.6) is 0 Å². The van der Waals surface area contributed by atoms with Gasteiger partial charge in [-0.2, -0.15) is 0 Å². The van der Waals surface area contributed by atoms with Crippen molar-refractivity contribution < 1.29 is 9.18 Å². The zero-order valence-corrected chi connectivity index (χ0v) is 15.1. The molecule has 0 N–H and O–H groups in total. The maximum Gasteiger partial charge on any atom is 0.254 e. The van der Waals surface area contributed by atoms with E-state index in [0.29, 0.717) is 36.8 Å². The number of tetrazole rings is 1. The highest BCUT2D eigenvalue weighted by Gasteiger charge is 2.23. The van der Waals surface area contributed by atoms with E-state index in [-0.39, 0.29) is 11.7 Å². The number of rotatable bonds is 3. The molecule has 27 heavy (non-hydrogen) atoms. The number of aromatic nitrogens is 4. The lowest BCUT2D eigenvalue weighted by Crippen LogP contribution is -2.48. The second-order valence-electron chi connectivity index (χ2n) is 6.18. The van der Waals surface area contributed by atoms with Crippen molar-refractivity contribution in [3.63, 3.8) is 0 Å². The minimum absolute atomic E-state index is 0.0465. The molecule has 1 fully saturated rings. The molecule has 138 valence electrons. The smallest absolute Gasteiger partial charge is 0.254 e. The zero-order chi connectivity index (χ0) is 18.8. The SMILES string of the molecule is O=C(c1cccc(-n2cnnn2)c1)N1CCN(c2ccc(F)cc2Cl)CC1. The van der Waals surface area contributed by atoms with Gasteiger partial charge in [0.15, 0.2) is 0 Å². The highest BCUT2D eigenvalue weighted by atomic mass is 35.5. The summed E-state index contributed by atoms with van der Waals surface area (Å²) in [5.74, 6) is -0.408. The molecule has 1 amide bonds. The summed E-state index contributed by atoms with van der Waals surface area (Å²) in [4.78, 5) is 16.7. The largest absolute Gasteiger partial charge is 0.367 e. The molecule has 0 radical (unpaired) electrons. The minimum atomic E-state index is -0.361. The van der Waals surface area contributed by atoms with Gasteiger partial charge < -0.3 is 9.80 Å². The quantitative estimate of drug-likeness (QED) is 0.691. The lowest BCUT2D eigenvalue weighted by molar-refractivity contribution is 0.0747. The normalized spacial score (nSPS) is 14.4. The van der Waals surface area contributed by atoms with Crippen molar-refractivity contribution in [3.8, 4) is 5.69 Å². The molecule has 0 atom stereocenters. The molecular formula is C18H16ClFN6O. The molecule has 3 aromatic rings. The van der Waals surface area contributed by atoms with Crippen LogP contribution in [-0.4, -0.2) is 57.2 Å². The molecule has 2 aromatic carbocycles. The van der Waals surface area contributed by atoms with Crippen molar-refractivity contribution >= 4 is 23.2 Å². The Kier molecular flexibility index (Phi) is 4.72. The molecule has 0 saturated carbocycles. The van der Waals surface area contributed by atoms with E-state index in [0.717, 1.165) is 11.4 Å². The Morgan fingerprint density at radius 1 is 1.07 bits per heavy atom. The van der Waals surface area contributed by atoms with Gasteiger partial charge in [-0.15, -0.1) is 5.10 Å². The Bertz CT molecular complexity index is 956. The third-order valence-electron chi connectivity index (χ3n) is 4.52. The topological polar surface area (TPSA) is 67.2 Å². The summed E-state index contributed by atoms with van der Waals surface area (Å²) in [6.07, 6.45) is 1.48. The maximum absolute atomic E-state index is 13.2. The second kappa shape index (κ2) is 7.32. The van der Waals surface area contributed by atoms with Crippen molar-refractivity contribution in [1.82, 2.24) is 25.1 Å². The molecule has 0 bridgehead atoms. The number of nitrogens with zero attached hydrogens (tertiary/aromatic N) is 6. The fraction of sp³-hybridized carbons (Fsp3) is 0.222. The Labute approximate surface area is 159 Å². The van der Waals surface area contributed by atoms with E-state index in [9.17, 15) is 9.18 Å². The first-order valence-electron chi connectivity index (χ1n) is 8.44. The first-order valence-corrected chi connectivity index (χ1v) is 8.82. The Hall–Kier alpha value is -3.00. The van der Waals surface area contributed by atoms with E-state index in [1.54, 1.807) is 29.2 Å². The summed E-state index contributed by atoms with van der Waals surface area (Å²) in [6.45, 7) is 2.37. The molecule has 2 heterocycles. The fourth-order valence-corrected chi connectivity index (χ4v) is 3.42. The summed E-state index contributed by atoms with van der Waals surface area (Å²) in [7, 11) is 0. The number of hydrogen-bond donors (Lipinski definition) is 0. The Balaban J connectivity index is 1.45. The molecule has 1 saturated heterocycles. The van der Waals surface area contributed by atoms with E-state index in [2.05, 4.69) is 20.4 Å². The fourth-order valence-electron chi connectivity index (χ4n) is 3.13. The van der Waals surface area contributed by atoms with Gasteiger partial charge in [0.1, 0.15) is 12.1 Å². The number of halogens is 2. The molecule has 4 rings (SSSR count). The molecule has 1 aromatic heterocycles. The van der Waals surface area contributed by atoms with Crippen molar-refractivity contribution in [1.29, 1.82) is 0 Å². The van der Waals surface area contributed by atoms with Gasteiger partial charge >= 0.3 is 0 Å². The van der Waals surface area contributed by atoms with Crippen molar-refractivity contribution in [2.45, 2.75) is 0 Å². The van der Waals surface area contributed by atoms with Gasteiger partial charge in [-0.05, 0) is 46.8 Å². The van der Waals surface area contributed by atoms with Crippen LogP contribution in [0.15, 0.2) is 48.8 Å². The van der Waals surface area contributed by atoms with Gasteiger partial charge in [0.2, 0.25) is 0 Å². The number of hydrogen-bond acceptors (Lipinski definition) is 5. The van der Waals surface area contributed by atoms with Crippen molar-refractivity contribution in [2.24, 2.45) is 0 Å². The first-order chi connectivity index (χ1) is 13.1. The van der Waals surface area contributed by atoms with Crippen LogP contribution in [0.2, 0.25) is 5.02 Å². The first kappa shape index (κ1) is 17.4. The van der Waals surface area contributed by atoms with Crippen LogP contribution in [0.25, 0.3) is 5.69 Å². The molecular weight excluding hydrogens is 371 g/mol. The Morgan fingerprint density at radius 2 is 1.89 bits per heavy atom. The number of piperazine rings is 1. The Morgan fingerprint density at radius 3 is 2.59 bits per heavy atom. The third-order valence-corrected chi connectivity index (χ3v) is 4.83. The van der Waals surface area contributed by atoms with Crippen molar-refractivity contribution in [2.75, 3.05) is 31.1 Å². The standard InChI is InChI=1S/C18H16ClFN6O/c19-16-11-14(20)4-5-17(16)24-6-8-25(9-7-24)18(27)13-2-1-3-15(10-13)26-12-21-22-23-26/h1-5,10-12H,6-9H2. The van der Waals surface area contributed by atoms with Crippen LogP contribution in [-0.2, 0) is 0 Å². The average molecular weight is 387 g/mol. The number of benzene rings is 2. The van der Waals surface area contributed by atoms with Gasteiger partial charge in [0, 0.05) is 31.7 Å². The maximum atomic E-state index is 13.2. The summed E-state index contributed by atoms with van der Waals surface area (Å²) >= 11 is 6.14. The molecule has 0 aliphatic carbocycles. The lowest BCUT2D eigenvalue weighted by atomic mass is 10.1. The van der Waals surface area contributed by atoms with E-state index in [4.69, 9.17) is 11.6 Å². The van der Waals surface area contributed by atoms with Crippen LogP contribution < -0.4 is 4.90 Å². The van der Waals surface area contributed by atoms with Gasteiger partial charge in [0.25, 0.3) is 5.91 Å². The summed E-state index contributed by atoms with van der Waals surface area (Å²) in [5, 5.41) is 11.4. The molecule has 0 spiro atoms. The highest BCUT2D eigenvalue weighted by Crippen LogP contribution is 2.27. The number of anilines is 1.